The number of likely N-dealkylation sites (tertiary alicyclic amines) is 1. The Labute approximate surface area is 168 Å². The monoisotopic (exact) mass is 377 g/mol. The standard InChI is InChI=1S/C24H43NO2/c1-3-4-5-6-7-8-9-10-11-14-17-22(2)18-15-12-13-16-21-25-23(26)19-20-24(25)27/h17H,3-16,18-21H2,1-2H3. The molecule has 0 unspecified atom stereocenters. The largest absolute Gasteiger partial charge is 0.283 e. The van der Waals surface area contributed by atoms with Crippen LogP contribution in [-0.4, -0.2) is 23.3 Å². The Morgan fingerprint density at radius 2 is 1.30 bits per heavy atom. The molecular formula is C24H43NO2. The second-order valence-corrected chi connectivity index (χ2v) is 8.27. The van der Waals surface area contributed by atoms with Crippen molar-refractivity contribution in [1.82, 2.24) is 4.90 Å². The number of rotatable bonds is 17. The molecular weight excluding hydrogens is 334 g/mol. The molecule has 0 bridgehead atoms. The van der Waals surface area contributed by atoms with Crippen molar-refractivity contribution in [2.24, 2.45) is 0 Å². The summed E-state index contributed by atoms with van der Waals surface area (Å²) in [6, 6.07) is 0. The Kier molecular flexibility index (Phi) is 14.1. The number of amides is 2. The molecule has 0 aromatic rings. The zero-order chi connectivity index (χ0) is 19.7. The molecule has 3 nitrogen and oxygen atoms in total. The molecule has 1 aliphatic rings. The summed E-state index contributed by atoms with van der Waals surface area (Å²) < 4.78 is 0. The number of hydrogen-bond donors (Lipinski definition) is 0. The normalized spacial score (nSPS) is 15.2. The summed E-state index contributed by atoms with van der Waals surface area (Å²) in [5, 5.41) is 0. The lowest BCUT2D eigenvalue weighted by Crippen LogP contribution is -2.29. The minimum Gasteiger partial charge on any atom is -0.283 e. The van der Waals surface area contributed by atoms with Crippen molar-refractivity contribution in [2.45, 2.75) is 123 Å². The summed E-state index contributed by atoms with van der Waals surface area (Å²) in [4.78, 5) is 24.5. The first kappa shape index (κ1) is 23.9. The van der Waals surface area contributed by atoms with Gasteiger partial charge in [-0.3, -0.25) is 14.5 Å². The maximum absolute atomic E-state index is 11.5. The average Bonchev–Trinajstić information content (AvgIpc) is 2.97. The molecule has 0 atom stereocenters. The van der Waals surface area contributed by atoms with Crippen molar-refractivity contribution >= 4 is 11.8 Å². The molecule has 0 aliphatic carbocycles. The lowest BCUT2D eigenvalue weighted by Gasteiger charge is -2.13. The molecule has 0 spiro atoms. The second kappa shape index (κ2) is 15.9. The molecule has 27 heavy (non-hydrogen) atoms. The van der Waals surface area contributed by atoms with E-state index in [1.54, 1.807) is 0 Å². The Morgan fingerprint density at radius 3 is 1.93 bits per heavy atom. The van der Waals surface area contributed by atoms with Crippen LogP contribution in [-0.2, 0) is 9.59 Å². The molecule has 1 aliphatic heterocycles. The molecule has 0 radical (unpaired) electrons. The fourth-order valence-electron chi connectivity index (χ4n) is 3.81. The molecule has 1 heterocycles. The molecule has 0 N–H and O–H groups in total. The Morgan fingerprint density at radius 1 is 0.778 bits per heavy atom. The summed E-state index contributed by atoms with van der Waals surface area (Å²) in [5.41, 5.74) is 1.53. The summed E-state index contributed by atoms with van der Waals surface area (Å²) >= 11 is 0. The third kappa shape index (κ3) is 12.0. The maximum atomic E-state index is 11.5. The van der Waals surface area contributed by atoms with Crippen LogP contribution in [0.15, 0.2) is 11.6 Å². The van der Waals surface area contributed by atoms with Crippen LogP contribution >= 0.6 is 0 Å². The van der Waals surface area contributed by atoms with Gasteiger partial charge in [0.2, 0.25) is 11.8 Å². The number of nitrogens with zero attached hydrogens (tertiary/aromatic N) is 1. The van der Waals surface area contributed by atoms with Gasteiger partial charge in [-0.15, -0.1) is 0 Å². The minimum atomic E-state index is 0.0234. The molecule has 1 rings (SSSR count). The average molecular weight is 378 g/mol. The van der Waals surface area contributed by atoms with Crippen LogP contribution in [0.25, 0.3) is 0 Å². The van der Waals surface area contributed by atoms with Crippen LogP contribution in [0.3, 0.4) is 0 Å². The lowest BCUT2D eigenvalue weighted by molar-refractivity contribution is -0.138. The summed E-state index contributed by atoms with van der Waals surface area (Å²) in [6.07, 6.45) is 22.8. The van der Waals surface area contributed by atoms with E-state index in [4.69, 9.17) is 0 Å². The quantitative estimate of drug-likeness (QED) is 0.156. The molecule has 0 saturated carbocycles. The first-order chi connectivity index (χ1) is 13.1. The van der Waals surface area contributed by atoms with Crippen LogP contribution in [0.4, 0.5) is 0 Å². The predicted octanol–water partition coefficient (Wildman–Crippen LogP) is 6.95. The second-order valence-electron chi connectivity index (χ2n) is 8.27. The van der Waals surface area contributed by atoms with E-state index in [1.165, 1.54) is 93.9 Å². The van der Waals surface area contributed by atoms with E-state index >= 15 is 0 Å². The van der Waals surface area contributed by atoms with Crippen molar-refractivity contribution in [3.05, 3.63) is 11.6 Å². The van der Waals surface area contributed by atoms with Crippen molar-refractivity contribution < 1.29 is 9.59 Å². The first-order valence-electron chi connectivity index (χ1n) is 11.6. The van der Waals surface area contributed by atoms with Gasteiger partial charge in [0.15, 0.2) is 0 Å². The molecule has 0 aromatic carbocycles. The van der Waals surface area contributed by atoms with Crippen molar-refractivity contribution in [3.8, 4) is 0 Å². The van der Waals surface area contributed by atoms with Crippen LogP contribution in [0.5, 0.6) is 0 Å². The van der Waals surface area contributed by atoms with Gasteiger partial charge < -0.3 is 0 Å². The van der Waals surface area contributed by atoms with E-state index in [-0.39, 0.29) is 11.8 Å². The van der Waals surface area contributed by atoms with Gasteiger partial charge in [0, 0.05) is 19.4 Å². The van der Waals surface area contributed by atoms with E-state index < -0.39 is 0 Å². The lowest BCUT2D eigenvalue weighted by atomic mass is 10.0. The van der Waals surface area contributed by atoms with Gasteiger partial charge in [-0.25, -0.2) is 0 Å². The highest BCUT2D eigenvalue weighted by atomic mass is 16.2. The molecule has 1 saturated heterocycles. The van der Waals surface area contributed by atoms with Crippen LogP contribution in [0.1, 0.15) is 123 Å². The number of hydrogen-bond acceptors (Lipinski definition) is 2. The Balaban J connectivity index is 1.88. The fraction of sp³-hybridized carbons (Fsp3) is 0.833. The van der Waals surface area contributed by atoms with E-state index in [2.05, 4.69) is 19.9 Å². The summed E-state index contributed by atoms with van der Waals surface area (Å²) in [5.74, 6) is 0.0468. The fourth-order valence-corrected chi connectivity index (χ4v) is 3.81. The predicted molar refractivity (Wildman–Crippen MR) is 115 cm³/mol. The third-order valence-corrected chi connectivity index (χ3v) is 5.66. The number of unbranched alkanes of at least 4 members (excludes halogenated alkanes) is 12. The smallest absolute Gasteiger partial charge is 0.229 e. The molecule has 3 heteroatoms. The van der Waals surface area contributed by atoms with Gasteiger partial charge in [-0.2, -0.15) is 0 Å². The van der Waals surface area contributed by atoms with Crippen LogP contribution in [0.2, 0.25) is 0 Å². The number of imide groups is 1. The number of carbonyl (C=O) groups is 2. The molecule has 1 fully saturated rings. The van der Waals surface area contributed by atoms with Gasteiger partial charge in [0.05, 0.1) is 0 Å². The Hall–Kier alpha value is -1.12. The van der Waals surface area contributed by atoms with Gasteiger partial charge >= 0.3 is 0 Å². The zero-order valence-corrected chi connectivity index (χ0v) is 18.1. The van der Waals surface area contributed by atoms with E-state index in [0.717, 1.165) is 12.8 Å². The van der Waals surface area contributed by atoms with Crippen molar-refractivity contribution in [3.63, 3.8) is 0 Å². The van der Waals surface area contributed by atoms with Gasteiger partial charge in [-0.05, 0) is 39.0 Å². The van der Waals surface area contributed by atoms with Crippen molar-refractivity contribution in [2.75, 3.05) is 6.54 Å². The van der Waals surface area contributed by atoms with E-state index in [0.29, 0.717) is 19.4 Å². The summed E-state index contributed by atoms with van der Waals surface area (Å²) in [7, 11) is 0. The molecule has 0 aromatic heterocycles. The van der Waals surface area contributed by atoms with Crippen LogP contribution < -0.4 is 0 Å². The zero-order valence-electron chi connectivity index (χ0n) is 18.1. The first-order valence-corrected chi connectivity index (χ1v) is 11.6. The van der Waals surface area contributed by atoms with E-state index in [1.807, 2.05) is 0 Å². The summed E-state index contributed by atoms with van der Waals surface area (Å²) in [6.45, 7) is 5.16. The van der Waals surface area contributed by atoms with E-state index in [9.17, 15) is 9.59 Å². The number of allylic oxidation sites excluding steroid dienone is 2. The SMILES string of the molecule is CCCCCCCCCCCC=C(C)CCCCCCN1C(=O)CCC1=O. The molecule has 156 valence electrons. The van der Waals surface area contributed by atoms with Crippen molar-refractivity contribution in [1.29, 1.82) is 0 Å². The highest BCUT2D eigenvalue weighted by Crippen LogP contribution is 2.16. The van der Waals surface area contributed by atoms with Gasteiger partial charge in [0.1, 0.15) is 0 Å². The number of carbonyl (C=O) groups excluding carboxylic acids is 2. The highest BCUT2D eigenvalue weighted by molar-refractivity contribution is 6.01. The maximum Gasteiger partial charge on any atom is 0.229 e. The molecule has 2 amide bonds. The Bertz CT molecular complexity index is 426. The van der Waals surface area contributed by atoms with Gasteiger partial charge in [0.25, 0.3) is 0 Å². The van der Waals surface area contributed by atoms with Gasteiger partial charge in [-0.1, -0.05) is 82.8 Å². The minimum absolute atomic E-state index is 0.0234. The highest BCUT2D eigenvalue weighted by Gasteiger charge is 2.27. The van der Waals surface area contributed by atoms with Crippen LogP contribution in [0, 0.1) is 0 Å². The topological polar surface area (TPSA) is 37.4 Å². The third-order valence-electron chi connectivity index (χ3n) is 5.66.